The van der Waals surface area contributed by atoms with Crippen LogP contribution in [0, 0.1) is 0 Å². The third-order valence-corrected chi connectivity index (χ3v) is 5.48. The molecule has 2 N–H and O–H groups in total. The van der Waals surface area contributed by atoms with Gasteiger partial charge in [-0.25, -0.2) is 0 Å². The van der Waals surface area contributed by atoms with E-state index < -0.39 is 5.60 Å². The van der Waals surface area contributed by atoms with Crippen LogP contribution in [0.25, 0.3) is 0 Å². The Balaban J connectivity index is 1.95. The third-order valence-electron chi connectivity index (χ3n) is 5.48. The van der Waals surface area contributed by atoms with Gasteiger partial charge < -0.3 is 10.5 Å². The predicted molar refractivity (Wildman–Crippen MR) is 122 cm³/mol. The third kappa shape index (κ3) is 5.35. The van der Waals surface area contributed by atoms with Gasteiger partial charge in [0.1, 0.15) is 5.60 Å². The van der Waals surface area contributed by atoms with Gasteiger partial charge in [0.25, 0.3) is 0 Å². The fourth-order valence-electron chi connectivity index (χ4n) is 3.92. The highest BCUT2D eigenvalue weighted by Crippen LogP contribution is 2.40. The second-order valence-corrected chi connectivity index (χ2v) is 7.70. The first-order chi connectivity index (χ1) is 14.3. The van der Waals surface area contributed by atoms with Crippen LogP contribution in [0.1, 0.15) is 55.7 Å². The highest BCUT2D eigenvalue weighted by Gasteiger charge is 2.37. The number of ether oxygens (including phenoxy) is 1. The molecule has 2 heteroatoms. The van der Waals surface area contributed by atoms with E-state index in [1.165, 1.54) is 19.3 Å². The fraction of sp³-hybridized carbons (Fsp3) is 0.333. The molecule has 0 radical (unpaired) electrons. The Hall–Kier alpha value is -2.42. The van der Waals surface area contributed by atoms with Crippen LogP contribution in [-0.4, -0.2) is 12.6 Å². The summed E-state index contributed by atoms with van der Waals surface area (Å²) in [7, 11) is 0. The van der Waals surface area contributed by atoms with Crippen molar-refractivity contribution < 1.29 is 4.74 Å². The molecule has 3 rings (SSSR count). The van der Waals surface area contributed by atoms with Crippen molar-refractivity contribution in [2.24, 2.45) is 5.73 Å². The van der Waals surface area contributed by atoms with E-state index in [1.807, 2.05) is 18.2 Å². The number of benzene rings is 3. The molecule has 1 atom stereocenters. The van der Waals surface area contributed by atoms with Crippen molar-refractivity contribution >= 4 is 0 Å². The van der Waals surface area contributed by atoms with Crippen molar-refractivity contribution in [3.63, 3.8) is 0 Å². The lowest BCUT2D eigenvalue weighted by Gasteiger charge is -2.36. The average molecular weight is 388 g/mol. The van der Waals surface area contributed by atoms with Gasteiger partial charge in [0.2, 0.25) is 0 Å². The SMILES string of the molecule is CCCCCC[C@@H](N)COC(c1ccccc1)(c1ccccc1)c1ccccc1. The summed E-state index contributed by atoms with van der Waals surface area (Å²) in [5, 5.41) is 0. The zero-order valence-electron chi connectivity index (χ0n) is 17.5. The normalized spacial score (nSPS) is 12.6. The second-order valence-electron chi connectivity index (χ2n) is 7.70. The molecule has 0 aliphatic carbocycles. The molecule has 152 valence electrons. The first-order valence-electron chi connectivity index (χ1n) is 10.8. The number of hydrogen-bond acceptors (Lipinski definition) is 2. The lowest BCUT2D eigenvalue weighted by Crippen LogP contribution is -2.38. The highest BCUT2D eigenvalue weighted by molar-refractivity contribution is 5.47. The predicted octanol–water partition coefficient (Wildman–Crippen LogP) is 6.29. The molecule has 0 bridgehead atoms. The molecule has 2 nitrogen and oxygen atoms in total. The van der Waals surface area contributed by atoms with Crippen molar-refractivity contribution in [1.82, 2.24) is 0 Å². The summed E-state index contributed by atoms with van der Waals surface area (Å²) >= 11 is 0. The van der Waals surface area contributed by atoms with Gasteiger partial charge in [-0.1, -0.05) is 124 Å². The molecule has 0 fully saturated rings. The van der Waals surface area contributed by atoms with Crippen molar-refractivity contribution in [2.75, 3.05) is 6.61 Å². The summed E-state index contributed by atoms with van der Waals surface area (Å²) in [6.07, 6.45) is 5.91. The summed E-state index contributed by atoms with van der Waals surface area (Å²) in [4.78, 5) is 0. The lowest BCUT2D eigenvalue weighted by atomic mass is 9.80. The monoisotopic (exact) mass is 387 g/mol. The number of hydrogen-bond donors (Lipinski definition) is 1. The molecule has 0 heterocycles. The lowest BCUT2D eigenvalue weighted by molar-refractivity contribution is 0.00383. The Morgan fingerprint density at radius 3 is 1.55 bits per heavy atom. The summed E-state index contributed by atoms with van der Waals surface area (Å²) < 4.78 is 6.78. The molecule has 3 aromatic rings. The Labute approximate surface area is 175 Å². The molecule has 29 heavy (non-hydrogen) atoms. The van der Waals surface area contributed by atoms with E-state index in [9.17, 15) is 0 Å². The zero-order valence-corrected chi connectivity index (χ0v) is 17.5. The first-order valence-corrected chi connectivity index (χ1v) is 10.8. The fourth-order valence-corrected chi connectivity index (χ4v) is 3.92. The van der Waals surface area contributed by atoms with E-state index in [1.54, 1.807) is 0 Å². The van der Waals surface area contributed by atoms with Crippen molar-refractivity contribution in [2.45, 2.75) is 50.7 Å². The van der Waals surface area contributed by atoms with E-state index in [2.05, 4.69) is 79.7 Å². The first kappa shape index (κ1) is 21.3. The van der Waals surface area contributed by atoms with E-state index in [0.717, 1.165) is 29.5 Å². The zero-order chi connectivity index (χ0) is 20.4. The van der Waals surface area contributed by atoms with Crippen LogP contribution in [0.5, 0.6) is 0 Å². The maximum Gasteiger partial charge on any atom is 0.143 e. The van der Waals surface area contributed by atoms with Gasteiger partial charge >= 0.3 is 0 Å². The van der Waals surface area contributed by atoms with Crippen LogP contribution in [0.2, 0.25) is 0 Å². The molecule has 0 spiro atoms. The number of rotatable bonds is 11. The molecule has 3 aromatic carbocycles. The van der Waals surface area contributed by atoms with Gasteiger partial charge in [-0.2, -0.15) is 0 Å². The molecule has 0 saturated heterocycles. The molecule has 0 amide bonds. The number of unbranched alkanes of at least 4 members (excludes halogenated alkanes) is 3. The topological polar surface area (TPSA) is 35.2 Å². The van der Waals surface area contributed by atoms with Gasteiger partial charge in [0, 0.05) is 6.04 Å². The molecule has 0 aliphatic heterocycles. The maximum atomic E-state index is 6.78. The smallest absolute Gasteiger partial charge is 0.143 e. The Morgan fingerprint density at radius 2 is 1.14 bits per heavy atom. The number of nitrogens with two attached hydrogens (primary N) is 1. The van der Waals surface area contributed by atoms with Crippen molar-refractivity contribution in [3.05, 3.63) is 108 Å². The van der Waals surface area contributed by atoms with Gasteiger partial charge in [0.15, 0.2) is 0 Å². The van der Waals surface area contributed by atoms with Gasteiger partial charge in [-0.3, -0.25) is 0 Å². The summed E-state index contributed by atoms with van der Waals surface area (Å²) in [6, 6.07) is 31.5. The average Bonchev–Trinajstić information content (AvgIpc) is 2.79. The maximum absolute atomic E-state index is 6.78. The standard InChI is InChI=1S/C27H33NO/c1-2-3-4-14-21-26(28)22-29-27(23-15-8-5-9-16-23,24-17-10-6-11-18-24)25-19-12-7-13-20-25/h5-13,15-20,26H,2-4,14,21-22,28H2,1H3/t26-/m1/s1. The van der Waals surface area contributed by atoms with Gasteiger partial charge in [-0.15, -0.1) is 0 Å². The Morgan fingerprint density at radius 1 is 0.690 bits per heavy atom. The summed E-state index contributed by atoms with van der Waals surface area (Å²) in [5.41, 5.74) is 9.16. The van der Waals surface area contributed by atoms with Crippen molar-refractivity contribution in [3.8, 4) is 0 Å². The Bertz CT molecular complexity index is 720. The molecule has 0 aliphatic rings. The van der Waals surface area contributed by atoms with Gasteiger partial charge in [0.05, 0.1) is 6.61 Å². The largest absolute Gasteiger partial charge is 0.359 e. The van der Waals surface area contributed by atoms with Crippen LogP contribution in [0.15, 0.2) is 91.0 Å². The van der Waals surface area contributed by atoms with Crippen LogP contribution >= 0.6 is 0 Å². The van der Waals surface area contributed by atoms with E-state index >= 15 is 0 Å². The van der Waals surface area contributed by atoms with Crippen LogP contribution in [0.3, 0.4) is 0 Å². The minimum absolute atomic E-state index is 0.0300. The van der Waals surface area contributed by atoms with E-state index in [0.29, 0.717) is 6.61 Å². The highest BCUT2D eigenvalue weighted by atomic mass is 16.5. The van der Waals surface area contributed by atoms with E-state index in [4.69, 9.17) is 10.5 Å². The van der Waals surface area contributed by atoms with Crippen molar-refractivity contribution in [1.29, 1.82) is 0 Å². The van der Waals surface area contributed by atoms with Crippen LogP contribution in [-0.2, 0) is 10.3 Å². The molecular formula is C27H33NO. The van der Waals surface area contributed by atoms with Crippen LogP contribution in [0.4, 0.5) is 0 Å². The second kappa shape index (κ2) is 10.9. The minimum Gasteiger partial charge on any atom is -0.359 e. The molecule has 0 saturated carbocycles. The quantitative estimate of drug-likeness (QED) is 0.310. The molecular weight excluding hydrogens is 354 g/mol. The van der Waals surface area contributed by atoms with E-state index in [-0.39, 0.29) is 6.04 Å². The molecule has 0 aromatic heterocycles. The summed E-state index contributed by atoms with van der Waals surface area (Å²) in [6.45, 7) is 2.75. The minimum atomic E-state index is -0.676. The summed E-state index contributed by atoms with van der Waals surface area (Å²) in [5.74, 6) is 0. The molecule has 0 unspecified atom stereocenters. The van der Waals surface area contributed by atoms with Gasteiger partial charge in [-0.05, 0) is 23.1 Å². The van der Waals surface area contributed by atoms with Crippen LogP contribution < -0.4 is 5.73 Å². The Kier molecular flexibility index (Phi) is 8.03.